The number of benzene rings is 2. The van der Waals surface area contributed by atoms with Crippen LogP contribution in [0.3, 0.4) is 0 Å². The van der Waals surface area contributed by atoms with E-state index in [-0.39, 0.29) is 5.91 Å². The molecule has 1 aliphatic rings. The maximum atomic E-state index is 12.4. The number of aromatic nitrogens is 2. The minimum atomic E-state index is -0.291. The Hall–Kier alpha value is -4.21. The number of ether oxygens (including phenoxy) is 1. The standard InChI is InChI=1S/C32H36N6O2S/c1-6-29(39)33-25-19-26(28(40-5)20-27(25)38(4)17-16-37(2)3)34-32-35-30(24-15-18-41-31(24)36-32)23-14-10-8-12-21-11-7-9-13-22(21)23/h6-7,9,11,13-15,18-20H,1,8,10,12,16-17H2,2-5H3,(H,33,39)(H,34,35,36). The van der Waals surface area contributed by atoms with E-state index >= 15 is 0 Å². The zero-order valence-electron chi connectivity index (χ0n) is 24.0. The number of hydrogen-bond acceptors (Lipinski definition) is 8. The molecule has 0 unspecified atom stereocenters. The Labute approximate surface area is 245 Å². The van der Waals surface area contributed by atoms with E-state index in [9.17, 15) is 4.79 Å². The molecule has 8 nitrogen and oxygen atoms in total. The molecule has 2 N–H and O–H groups in total. The number of amides is 1. The molecule has 9 heteroatoms. The van der Waals surface area contributed by atoms with Gasteiger partial charge in [0.1, 0.15) is 10.6 Å². The molecule has 0 radical (unpaired) electrons. The summed E-state index contributed by atoms with van der Waals surface area (Å²) in [5, 5.41) is 9.45. The lowest BCUT2D eigenvalue weighted by molar-refractivity contribution is -0.111. The van der Waals surface area contributed by atoms with E-state index in [4.69, 9.17) is 14.7 Å². The number of aryl methyl sites for hydroxylation is 1. The lowest BCUT2D eigenvalue weighted by atomic mass is 9.96. The van der Waals surface area contributed by atoms with Crippen LogP contribution < -0.4 is 20.3 Å². The van der Waals surface area contributed by atoms with Crippen LogP contribution in [-0.4, -0.2) is 62.1 Å². The molecular formula is C32H36N6O2S. The lowest BCUT2D eigenvalue weighted by Gasteiger charge is -2.26. The van der Waals surface area contributed by atoms with Crippen molar-refractivity contribution in [3.63, 3.8) is 0 Å². The van der Waals surface area contributed by atoms with Crippen LogP contribution in [0.5, 0.6) is 5.75 Å². The van der Waals surface area contributed by atoms with Gasteiger partial charge in [-0.05, 0) is 68.1 Å². The number of carbonyl (C=O) groups excluding carboxylic acids is 1. The number of rotatable bonds is 10. The third kappa shape index (κ3) is 6.26. The van der Waals surface area contributed by atoms with Gasteiger partial charge >= 0.3 is 0 Å². The second-order valence-electron chi connectivity index (χ2n) is 10.3. The largest absolute Gasteiger partial charge is 0.494 e. The van der Waals surface area contributed by atoms with Crippen molar-refractivity contribution >= 4 is 56.0 Å². The van der Waals surface area contributed by atoms with Crippen LogP contribution in [0.15, 0.2) is 66.6 Å². The number of anilines is 4. The molecule has 0 saturated heterocycles. The van der Waals surface area contributed by atoms with Crippen molar-refractivity contribution in [2.24, 2.45) is 0 Å². The van der Waals surface area contributed by atoms with Crippen molar-refractivity contribution in [2.75, 3.05) is 56.9 Å². The summed E-state index contributed by atoms with van der Waals surface area (Å²) >= 11 is 1.59. The van der Waals surface area contributed by atoms with Gasteiger partial charge in [0.05, 0.1) is 29.9 Å². The van der Waals surface area contributed by atoms with Gasteiger partial charge in [0.2, 0.25) is 11.9 Å². The molecule has 1 aliphatic carbocycles. The third-order valence-corrected chi connectivity index (χ3v) is 7.99. The zero-order valence-corrected chi connectivity index (χ0v) is 24.8. The Morgan fingerprint density at radius 1 is 1.12 bits per heavy atom. The fourth-order valence-corrected chi connectivity index (χ4v) is 5.78. The summed E-state index contributed by atoms with van der Waals surface area (Å²) in [7, 11) is 7.69. The van der Waals surface area contributed by atoms with Gasteiger partial charge in [-0.25, -0.2) is 9.97 Å². The lowest BCUT2D eigenvalue weighted by Crippen LogP contribution is -2.29. The maximum absolute atomic E-state index is 12.4. The highest BCUT2D eigenvalue weighted by Crippen LogP contribution is 2.39. The predicted octanol–water partition coefficient (Wildman–Crippen LogP) is 6.33. The van der Waals surface area contributed by atoms with Gasteiger partial charge < -0.3 is 25.2 Å². The monoisotopic (exact) mass is 568 g/mol. The van der Waals surface area contributed by atoms with Crippen molar-refractivity contribution in [1.82, 2.24) is 14.9 Å². The van der Waals surface area contributed by atoms with Crippen LogP contribution in [0.2, 0.25) is 0 Å². The molecule has 5 rings (SSSR count). The highest BCUT2D eigenvalue weighted by molar-refractivity contribution is 7.16. The second-order valence-corrected chi connectivity index (χ2v) is 11.2. The van der Waals surface area contributed by atoms with Crippen LogP contribution in [0.4, 0.5) is 23.0 Å². The number of hydrogen-bond donors (Lipinski definition) is 2. The van der Waals surface area contributed by atoms with Crippen molar-refractivity contribution < 1.29 is 9.53 Å². The first kappa shape index (κ1) is 28.3. The summed E-state index contributed by atoms with van der Waals surface area (Å²) in [5.74, 6) is 0.787. The molecule has 2 aromatic heterocycles. The first-order chi connectivity index (χ1) is 19.9. The highest BCUT2D eigenvalue weighted by Gasteiger charge is 2.20. The van der Waals surface area contributed by atoms with E-state index in [1.165, 1.54) is 17.2 Å². The summed E-state index contributed by atoms with van der Waals surface area (Å²) in [4.78, 5) is 27.4. The molecule has 2 heterocycles. The van der Waals surface area contributed by atoms with Gasteiger partial charge in [-0.1, -0.05) is 36.9 Å². The summed E-state index contributed by atoms with van der Waals surface area (Å²) < 4.78 is 5.81. The van der Waals surface area contributed by atoms with Gasteiger partial charge in [0.25, 0.3) is 0 Å². The molecular weight excluding hydrogens is 532 g/mol. The van der Waals surface area contributed by atoms with E-state index in [0.29, 0.717) is 23.1 Å². The highest BCUT2D eigenvalue weighted by atomic mass is 32.1. The quantitative estimate of drug-likeness (QED) is 0.216. The van der Waals surface area contributed by atoms with E-state index in [2.05, 4.69) is 68.8 Å². The van der Waals surface area contributed by atoms with Gasteiger partial charge in [0.15, 0.2) is 0 Å². The van der Waals surface area contributed by atoms with E-state index in [0.717, 1.165) is 59.5 Å². The SMILES string of the molecule is C=CC(=O)Nc1cc(Nc2nc(C3=CCCCc4ccccc43)c3ccsc3n2)c(OC)cc1N(C)CCN(C)C. The predicted molar refractivity (Wildman–Crippen MR) is 171 cm³/mol. The molecule has 212 valence electrons. The summed E-state index contributed by atoms with van der Waals surface area (Å²) in [6.07, 6.45) is 6.71. The summed E-state index contributed by atoms with van der Waals surface area (Å²) in [6, 6.07) is 14.5. The van der Waals surface area contributed by atoms with E-state index in [1.54, 1.807) is 18.4 Å². The Morgan fingerprint density at radius 3 is 2.73 bits per heavy atom. The average molecular weight is 569 g/mol. The maximum Gasteiger partial charge on any atom is 0.247 e. The zero-order chi connectivity index (χ0) is 28.9. The van der Waals surface area contributed by atoms with Crippen LogP contribution in [0.1, 0.15) is 29.7 Å². The second kappa shape index (κ2) is 12.5. The van der Waals surface area contributed by atoms with Crippen LogP contribution >= 0.6 is 11.3 Å². The van der Waals surface area contributed by atoms with Crippen LogP contribution in [0, 0.1) is 0 Å². The number of fused-ring (bicyclic) bond motifs is 2. The minimum absolute atomic E-state index is 0.291. The van der Waals surface area contributed by atoms with Crippen molar-refractivity contribution in [2.45, 2.75) is 19.3 Å². The van der Waals surface area contributed by atoms with Crippen molar-refractivity contribution in [3.05, 3.63) is 83.4 Å². The van der Waals surface area contributed by atoms with Gasteiger partial charge in [-0.2, -0.15) is 0 Å². The molecule has 4 aromatic rings. The molecule has 1 amide bonds. The minimum Gasteiger partial charge on any atom is -0.494 e. The first-order valence-electron chi connectivity index (χ1n) is 13.7. The van der Waals surface area contributed by atoms with Crippen molar-refractivity contribution in [3.8, 4) is 5.75 Å². The molecule has 0 saturated carbocycles. The Kier molecular flexibility index (Phi) is 8.66. The third-order valence-electron chi connectivity index (χ3n) is 7.19. The molecule has 0 spiro atoms. The molecule has 2 aromatic carbocycles. The van der Waals surface area contributed by atoms with Gasteiger partial charge in [-0.15, -0.1) is 11.3 Å². The van der Waals surface area contributed by atoms with Crippen LogP contribution in [-0.2, 0) is 11.2 Å². The van der Waals surface area contributed by atoms with E-state index in [1.807, 2.05) is 33.3 Å². The topological polar surface area (TPSA) is 82.6 Å². The number of methoxy groups -OCH3 is 1. The summed E-state index contributed by atoms with van der Waals surface area (Å²) in [6.45, 7) is 5.23. The molecule has 0 atom stereocenters. The van der Waals surface area contributed by atoms with Crippen molar-refractivity contribution in [1.29, 1.82) is 0 Å². The molecule has 0 bridgehead atoms. The Morgan fingerprint density at radius 2 is 1.95 bits per heavy atom. The molecule has 0 aliphatic heterocycles. The fourth-order valence-electron chi connectivity index (χ4n) is 5.02. The Balaban J connectivity index is 1.58. The number of nitrogens with zero attached hydrogens (tertiary/aromatic N) is 4. The normalized spacial score (nSPS) is 12.9. The number of thiophene rings is 1. The van der Waals surface area contributed by atoms with E-state index < -0.39 is 0 Å². The molecule has 41 heavy (non-hydrogen) atoms. The number of nitrogens with one attached hydrogen (secondary N) is 2. The van der Waals surface area contributed by atoms with Crippen LogP contribution in [0.25, 0.3) is 15.8 Å². The average Bonchev–Trinajstić information content (AvgIpc) is 3.34. The molecule has 0 fully saturated rings. The number of likely N-dealkylation sites (N-methyl/N-ethyl adjacent to an activating group) is 2. The fraction of sp³-hybridized carbons (Fsp3) is 0.281. The number of allylic oxidation sites excluding steroid dienone is 1. The first-order valence-corrected chi connectivity index (χ1v) is 14.6. The Bertz CT molecular complexity index is 1610. The summed E-state index contributed by atoms with van der Waals surface area (Å²) in [5.41, 5.74) is 6.72. The smallest absolute Gasteiger partial charge is 0.247 e. The van der Waals surface area contributed by atoms with Gasteiger partial charge in [0, 0.05) is 37.2 Å². The number of carbonyl (C=O) groups is 1. The van der Waals surface area contributed by atoms with Gasteiger partial charge in [-0.3, -0.25) is 4.79 Å².